The lowest BCUT2D eigenvalue weighted by atomic mass is 10.1. The number of carbonyl (C=O) groups excluding carboxylic acids is 1. The Morgan fingerprint density at radius 2 is 1.75 bits per heavy atom. The third kappa shape index (κ3) is 4.57. The number of carbonyl (C=O) groups is 1. The minimum atomic E-state index is -3.70. The third-order valence-corrected chi connectivity index (χ3v) is 4.16. The molecule has 0 heterocycles. The van der Waals surface area contributed by atoms with Gasteiger partial charge in [0.15, 0.2) is 0 Å². The molecule has 7 heteroatoms. The van der Waals surface area contributed by atoms with Gasteiger partial charge in [0.1, 0.15) is 11.4 Å². The molecule has 1 aromatic rings. The first kappa shape index (κ1) is 16.6. The number of nitrogens with zero attached hydrogens (tertiary/aromatic N) is 1. The first-order valence-electron chi connectivity index (χ1n) is 6.01. The molecule has 1 N–H and O–H groups in total. The van der Waals surface area contributed by atoms with Crippen molar-refractivity contribution in [3.63, 3.8) is 0 Å². The van der Waals surface area contributed by atoms with Crippen molar-refractivity contribution < 1.29 is 17.6 Å². The van der Waals surface area contributed by atoms with Gasteiger partial charge in [0.25, 0.3) is 0 Å². The van der Waals surface area contributed by atoms with Gasteiger partial charge in [-0.15, -0.1) is 0 Å². The smallest absolute Gasteiger partial charge is 0.242 e. The maximum Gasteiger partial charge on any atom is 0.242 e. The van der Waals surface area contributed by atoms with Gasteiger partial charge in [-0.05, 0) is 31.5 Å². The summed E-state index contributed by atoms with van der Waals surface area (Å²) in [5.74, 6) is -1.08. The van der Waals surface area contributed by atoms with Crippen LogP contribution in [0.5, 0.6) is 0 Å². The summed E-state index contributed by atoms with van der Waals surface area (Å²) in [6, 6.07) is 5.19. The lowest BCUT2D eigenvalue weighted by Crippen LogP contribution is -2.54. The van der Waals surface area contributed by atoms with Crippen molar-refractivity contribution in [1.29, 1.82) is 0 Å². The zero-order chi connectivity index (χ0) is 15.6. The van der Waals surface area contributed by atoms with E-state index in [4.69, 9.17) is 0 Å². The van der Waals surface area contributed by atoms with Crippen LogP contribution in [-0.2, 0) is 20.6 Å². The Hall–Kier alpha value is -1.47. The predicted molar refractivity (Wildman–Crippen MR) is 74.9 cm³/mol. The molecule has 0 aliphatic rings. The normalized spacial score (nSPS) is 12.2. The number of hydrogen-bond acceptors (Lipinski definition) is 3. The monoisotopic (exact) mass is 302 g/mol. The molecular formula is C13H19FN2O3S. The fourth-order valence-corrected chi connectivity index (χ4v) is 3.40. The van der Waals surface area contributed by atoms with Gasteiger partial charge in [0, 0.05) is 14.1 Å². The quantitative estimate of drug-likeness (QED) is 0.886. The Bertz CT molecular complexity index is 580. The fourth-order valence-electron chi connectivity index (χ4n) is 1.83. The molecule has 1 aromatic carbocycles. The van der Waals surface area contributed by atoms with E-state index in [9.17, 15) is 17.6 Å². The molecular weight excluding hydrogens is 283 g/mol. The van der Waals surface area contributed by atoms with E-state index in [1.54, 1.807) is 14.1 Å². The Morgan fingerprint density at radius 3 is 2.20 bits per heavy atom. The highest BCUT2D eigenvalue weighted by atomic mass is 32.2. The molecule has 1 rings (SSSR count). The Balaban J connectivity index is 2.85. The maximum absolute atomic E-state index is 12.8. The number of sulfonamides is 1. The highest BCUT2D eigenvalue weighted by Crippen LogP contribution is 2.12. The molecule has 20 heavy (non-hydrogen) atoms. The number of amides is 1. The third-order valence-electron chi connectivity index (χ3n) is 2.62. The van der Waals surface area contributed by atoms with E-state index in [0.717, 1.165) is 0 Å². The summed E-state index contributed by atoms with van der Waals surface area (Å²) in [5.41, 5.74) is -0.783. The van der Waals surface area contributed by atoms with E-state index in [-0.39, 0.29) is 11.7 Å². The molecule has 0 aliphatic carbocycles. The number of benzene rings is 1. The summed E-state index contributed by atoms with van der Waals surface area (Å²) >= 11 is 0. The van der Waals surface area contributed by atoms with Crippen molar-refractivity contribution in [3.05, 3.63) is 35.6 Å². The van der Waals surface area contributed by atoms with Gasteiger partial charge < -0.3 is 4.90 Å². The SMILES string of the molecule is CN(C)C(=O)C(C)(C)NS(=O)(=O)Cc1ccc(F)cc1. The van der Waals surface area contributed by atoms with Gasteiger partial charge in [0.05, 0.1) is 5.75 Å². The summed E-state index contributed by atoms with van der Waals surface area (Å²) in [7, 11) is -0.596. The lowest BCUT2D eigenvalue weighted by Gasteiger charge is -2.27. The fraction of sp³-hybridized carbons (Fsp3) is 0.462. The van der Waals surface area contributed by atoms with Crippen molar-refractivity contribution >= 4 is 15.9 Å². The Labute approximate surface area is 118 Å². The Kier molecular flexibility index (Phi) is 4.88. The molecule has 1 amide bonds. The molecule has 112 valence electrons. The van der Waals surface area contributed by atoms with Gasteiger partial charge in [-0.1, -0.05) is 12.1 Å². The average molecular weight is 302 g/mol. The first-order valence-corrected chi connectivity index (χ1v) is 7.66. The van der Waals surface area contributed by atoms with E-state index < -0.39 is 21.4 Å². The van der Waals surface area contributed by atoms with Gasteiger partial charge >= 0.3 is 0 Å². The standard InChI is InChI=1S/C13H19FN2O3S/c1-13(2,12(17)16(3)4)15-20(18,19)9-10-5-7-11(14)8-6-10/h5-8,15H,9H2,1-4H3. The van der Waals surface area contributed by atoms with Gasteiger partial charge in [-0.25, -0.2) is 12.8 Å². The van der Waals surface area contributed by atoms with Gasteiger partial charge in [-0.3, -0.25) is 4.79 Å². The van der Waals surface area contributed by atoms with Crippen molar-refractivity contribution in [2.24, 2.45) is 0 Å². The predicted octanol–water partition coefficient (Wildman–Crippen LogP) is 1.11. The molecule has 0 bridgehead atoms. The molecule has 0 saturated heterocycles. The largest absolute Gasteiger partial charge is 0.347 e. The summed E-state index contributed by atoms with van der Waals surface area (Å²) in [6.07, 6.45) is 0. The van der Waals surface area contributed by atoms with E-state index >= 15 is 0 Å². The number of likely N-dealkylation sites (N-methyl/N-ethyl adjacent to an activating group) is 1. The average Bonchev–Trinajstić information content (AvgIpc) is 2.29. The van der Waals surface area contributed by atoms with Crippen molar-refractivity contribution in [3.8, 4) is 0 Å². The van der Waals surface area contributed by atoms with Crippen LogP contribution >= 0.6 is 0 Å². The second kappa shape index (κ2) is 5.88. The lowest BCUT2D eigenvalue weighted by molar-refractivity contribution is -0.133. The molecule has 5 nitrogen and oxygen atoms in total. The van der Waals surface area contributed by atoms with Crippen LogP contribution in [0.25, 0.3) is 0 Å². The maximum atomic E-state index is 12.8. The number of hydrogen-bond donors (Lipinski definition) is 1. The zero-order valence-corrected chi connectivity index (χ0v) is 12.8. The van der Waals surface area contributed by atoms with Crippen molar-refractivity contribution in [2.75, 3.05) is 14.1 Å². The second-order valence-electron chi connectivity index (χ2n) is 5.31. The van der Waals surface area contributed by atoms with Crippen LogP contribution in [0.15, 0.2) is 24.3 Å². The molecule has 0 atom stereocenters. The van der Waals surface area contributed by atoms with Crippen molar-refractivity contribution in [2.45, 2.75) is 25.1 Å². The molecule has 0 spiro atoms. The summed E-state index contributed by atoms with van der Waals surface area (Å²) < 4.78 is 39.2. The molecule has 0 aromatic heterocycles. The number of rotatable bonds is 5. The highest BCUT2D eigenvalue weighted by Gasteiger charge is 2.33. The van der Waals surface area contributed by atoms with Gasteiger partial charge in [0.2, 0.25) is 15.9 Å². The van der Waals surface area contributed by atoms with Crippen LogP contribution in [0, 0.1) is 5.82 Å². The van der Waals surface area contributed by atoms with Gasteiger partial charge in [-0.2, -0.15) is 4.72 Å². The highest BCUT2D eigenvalue weighted by molar-refractivity contribution is 7.88. The van der Waals surface area contributed by atoms with E-state index in [1.807, 2.05) is 0 Å². The first-order chi connectivity index (χ1) is 9.03. The number of halogens is 1. The van der Waals surface area contributed by atoms with Crippen LogP contribution in [0.4, 0.5) is 4.39 Å². The molecule has 0 fully saturated rings. The minimum Gasteiger partial charge on any atom is -0.347 e. The van der Waals surface area contributed by atoms with Crippen molar-refractivity contribution in [1.82, 2.24) is 9.62 Å². The van der Waals surface area contributed by atoms with E-state index in [0.29, 0.717) is 5.56 Å². The minimum absolute atomic E-state index is 0.308. The molecule has 0 radical (unpaired) electrons. The van der Waals surface area contributed by atoms with E-state index in [2.05, 4.69) is 4.72 Å². The second-order valence-corrected chi connectivity index (χ2v) is 7.03. The zero-order valence-electron chi connectivity index (χ0n) is 12.0. The summed E-state index contributed by atoms with van der Waals surface area (Å²) in [6.45, 7) is 3.00. The van der Waals surface area contributed by atoms with Crippen LogP contribution in [0.2, 0.25) is 0 Å². The Morgan fingerprint density at radius 1 is 1.25 bits per heavy atom. The van der Waals surface area contributed by atoms with E-state index in [1.165, 1.54) is 43.0 Å². The summed E-state index contributed by atoms with van der Waals surface area (Å²) in [5, 5.41) is 0. The molecule has 0 unspecified atom stereocenters. The van der Waals surface area contributed by atoms with Crippen LogP contribution in [0.3, 0.4) is 0 Å². The number of nitrogens with one attached hydrogen (secondary N) is 1. The molecule has 0 aliphatic heterocycles. The topological polar surface area (TPSA) is 66.5 Å². The van der Waals surface area contributed by atoms with Crippen LogP contribution in [-0.4, -0.2) is 38.9 Å². The van der Waals surface area contributed by atoms with Crippen LogP contribution in [0.1, 0.15) is 19.4 Å². The van der Waals surface area contributed by atoms with Crippen LogP contribution < -0.4 is 4.72 Å². The summed E-state index contributed by atoms with van der Waals surface area (Å²) in [4.78, 5) is 13.2. The molecule has 0 saturated carbocycles.